The molecule has 2 atom stereocenters. The molecule has 112 valence electrons. The van der Waals surface area contributed by atoms with Gasteiger partial charge in [-0.05, 0) is 18.3 Å². The molecule has 1 fully saturated rings. The van der Waals surface area contributed by atoms with Crippen molar-refractivity contribution in [2.75, 3.05) is 26.2 Å². The molecule has 0 aromatic carbocycles. The van der Waals surface area contributed by atoms with E-state index in [0.29, 0.717) is 24.9 Å². The van der Waals surface area contributed by atoms with E-state index >= 15 is 0 Å². The number of rotatable bonds is 7. The molecule has 1 aliphatic rings. The summed E-state index contributed by atoms with van der Waals surface area (Å²) < 4.78 is 24.5. The molecule has 0 spiro atoms. The molecule has 4 nitrogen and oxygen atoms in total. The molecule has 1 saturated heterocycles. The molecule has 0 aromatic heterocycles. The molecule has 1 aliphatic heterocycles. The van der Waals surface area contributed by atoms with E-state index < -0.39 is 12.4 Å². The Morgan fingerprint density at radius 2 is 2.11 bits per heavy atom. The molecule has 2 N–H and O–H groups in total. The Balaban J connectivity index is 2.49. The van der Waals surface area contributed by atoms with Crippen LogP contribution < -0.4 is 5.32 Å². The molecule has 2 unspecified atom stereocenters. The summed E-state index contributed by atoms with van der Waals surface area (Å²) >= 11 is 0. The lowest BCUT2D eigenvalue weighted by atomic mass is 9.85. The highest BCUT2D eigenvalue weighted by Crippen LogP contribution is 2.24. The number of carbonyl (C=O) groups is 1. The van der Waals surface area contributed by atoms with Crippen molar-refractivity contribution in [3.05, 3.63) is 0 Å². The highest BCUT2D eigenvalue weighted by molar-refractivity contribution is 5.66. The third-order valence-corrected chi connectivity index (χ3v) is 3.70. The van der Waals surface area contributed by atoms with Gasteiger partial charge in [-0.2, -0.15) is 0 Å². The second kappa shape index (κ2) is 7.75. The highest BCUT2D eigenvalue weighted by atomic mass is 19.3. The Morgan fingerprint density at radius 3 is 2.63 bits per heavy atom. The zero-order chi connectivity index (χ0) is 14.4. The van der Waals surface area contributed by atoms with Crippen molar-refractivity contribution in [1.29, 1.82) is 0 Å². The van der Waals surface area contributed by atoms with Crippen molar-refractivity contribution in [3.8, 4) is 0 Å². The normalized spacial score (nSPS) is 25.2. The van der Waals surface area contributed by atoms with E-state index in [1.807, 2.05) is 0 Å². The van der Waals surface area contributed by atoms with Crippen LogP contribution in [-0.2, 0) is 4.79 Å². The smallest absolute Gasteiger partial charge is 0.304 e. The summed E-state index contributed by atoms with van der Waals surface area (Å²) in [5.41, 5.74) is 0. The summed E-state index contributed by atoms with van der Waals surface area (Å²) in [6, 6.07) is 0.0314. The molecule has 19 heavy (non-hydrogen) atoms. The highest BCUT2D eigenvalue weighted by Gasteiger charge is 2.29. The molecule has 0 bridgehead atoms. The van der Waals surface area contributed by atoms with Crippen molar-refractivity contribution in [1.82, 2.24) is 10.2 Å². The van der Waals surface area contributed by atoms with Gasteiger partial charge in [-0.15, -0.1) is 0 Å². The standard InChI is InChI=1S/C13H24F2N2O2/c1-9(2)10-5-11(16-6-12(14)15)8-17(7-10)4-3-13(18)19/h9-12,16H,3-8H2,1-2H3,(H,18,19). The Labute approximate surface area is 113 Å². The van der Waals surface area contributed by atoms with Crippen LogP contribution >= 0.6 is 0 Å². The Morgan fingerprint density at radius 1 is 1.42 bits per heavy atom. The first-order chi connectivity index (χ1) is 8.88. The largest absolute Gasteiger partial charge is 0.481 e. The van der Waals surface area contributed by atoms with Crippen LogP contribution in [0.1, 0.15) is 26.7 Å². The fourth-order valence-electron chi connectivity index (χ4n) is 2.56. The molecule has 1 heterocycles. The van der Waals surface area contributed by atoms with Gasteiger partial charge in [0, 0.05) is 25.7 Å². The van der Waals surface area contributed by atoms with Crippen LogP contribution in [0.25, 0.3) is 0 Å². The molecular weight excluding hydrogens is 254 g/mol. The number of nitrogens with one attached hydrogen (secondary N) is 1. The minimum atomic E-state index is -2.34. The lowest BCUT2D eigenvalue weighted by Gasteiger charge is -2.39. The van der Waals surface area contributed by atoms with E-state index in [1.54, 1.807) is 0 Å². The number of alkyl halides is 2. The van der Waals surface area contributed by atoms with Gasteiger partial charge in [-0.3, -0.25) is 4.79 Å². The van der Waals surface area contributed by atoms with Gasteiger partial charge in [0.2, 0.25) is 0 Å². The maximum atomic E-state index is 12.2. The first-order valence-electron chi connectivity index (χ1n) is 6.84. The van der Waals surface area contributed by atoms with E-state index in [2.05, 4.69) is 24.1 Å². The van der Waals surface area contributed by atoms with Gasteiger partial charge in [0.15, 0.2) is 0 Å². The van der Waals surface area contributed by atoms with E-state index in [4.69, 9.17) is 5.11 Å². The summed E-state index contributed by atoms with van der Waals surface area (Å²) in [6.45, 7) is 5.96. The number of hydrogen-bond acceptors (Lipinski definition) is 3. The number of likely N-dealkylation sites (tertiary alicyclic amines) is 1. The third-order valence-electron chi connectivity index (χ3n) is 3.70. The summed E-state index contributed by atoms with van der Waals surface area (Å²) in [4.78, 5) is 12.7. The molecule has 0 saturated carbocycles. The number of nitrogens with zero attached hydrogens (tertiary/aromatic N) is 1. The maximum absolute atomic E-state index is 12.2. The van der Waals surface area contributed by atoms with Crippen molar-refractivity contribution in [3.63, 3.8) is 0 Å². The van der Waals surface area contributed by atoms with Gasteiger partial charge in [-0.25, -0.2) is 8.78 Å². The lowest BCUT2D eigenvalue weighted by molar-refractivity contribution is -0.137. The number of aliphatic carboxylic acids is 1. The molecule has 0 amide bonds. The van der Waals surface area contributed by atoms with Gasteiger partial charge >= 0.3 is 5.97 Å². The fraction of sp³-hybridized carbons (Fsp3) is 0.923. The van der Waals surface area contributed by atoms with Gasteiger partial charge in [-0.1, -0.05) is 13.8 Å². The molecule has 0 radical (unpaired) electrons. The van der Waals surface area contributed by atoms with Crippen molar-refractivity contribution in [2.24, 2.45) is 11.8 Å². The second-order valence-corrected chi connectivity index (χ2v) is 5.64. The number of carboxylic acid groups (broad SMARTS) is 1. The molecule has 1 rings (SSSR count). The van der Waals surface area contributed by atoms with Gasteiger partial charge < -0.3 is 15.3 Å². The monoisotopic (exact) mass is 278 g/mol. The Bertz CT molecular complexity index is 288. The predicted molar refractivity (Wildman–Crippen MR) is 69.4 cm³/mol. The van der Waals surface area contributed by atoms with Crippen molar-refractivity contribution < 1.29 is 18.7 Å². The van der Waals surface area contributed by atoms with E-state index in [9.17, 15) is 13.6 Å². The van der Waals surface area contributed by atoms with Crippen LogP contribution in [0.5, 0.6) is 0 Å². The van der Waals surface area contributed by atoms with Crippen LogP contribution in [0.15, 0.2) is 0 Å². The predicted octanol–water partition coefficient (Wildman–Crippen LogP) is 1.66. The summed E-state index contributed by atoms with van der Waals surface area (Å²) in [7, 11) is 0. The minimum absolute atomic E-state index is 0.0314. The zero-order valence-corrected chi connectivity index (χ0v) is 11.6. The van der Waals surface area contributed by atoms with Crippen LogP contribution in [0, 0.1) is 11.8 Å². The van der Waals surface area contributed by atoms with Crippen molar-refractivity contribution in [2.45, 2.75) is 39.2 Å². The average Bonchev–Trinajstić information content (AvgIpc) is 2.33. The topological polar surface area (TPSA) is 52.6 Å². The van der Waals surface area contributed by atoms with Crippen LogP contribution in [0.3, 0.4) is 0 Å². The van der Waals surface area contributed by atoms with Gasteiger partial charge in [0.05, 0.1) is 13.0 Å². The Kier molecular flexibility index (Phi) is 6.65. The zero-order valence-electron chi connectivity index (χ0n) is 11.6. The summed E-state index contributed by atoms with van der Waals surface area (Å²) in [6.07, 6.45) is -1.35. The van der Waals surface area contributed by atoms with Crippen LogP contribution in [0.2, 0.25) is 0 Å². The van der Waals surface area contributed by atoms with E-state index in [0.717, 1.165) is 13.0 Å². The summed E-state index contributed by atoms with van der Waals surface area (Å²) in [5, 5.41) is 11.6. The third kappa shape index (κ3) is 6.29. The molecule has 6 heteroatoms. The van der Waals surface area contributed by atoms with Crippen LogP contribution in [-0.4, -0.2) is 54.6 Å². The first kappa shape index (κ1) is 16.3. The molecule has 0 aromatic rings. The maximum Gasteiger partial charge on any atom is 0.304 e. The van der Waals surface area contributed by atoms with Gasteiger partial charge in [0.25, 0.3) is 6.43 Å². The second-order valence-electron chi connectivity index (χ2n) is 5.64. The van der Waals surface area contributed by atoms with Crippen molar-refractivity contribution >= 4 is 5.97 Å². The SMILES string of the molecule is CC(C)C1CC(NCC(F)F)CN(CCC(=O)O)C1. The number of hydrogen-bond donors (Lipinski definition) is 2. The Hall–Kier alpha value is -0.750. The molecular formula is C13H24F2N2O2. The summed E-state index contributed by atoms with van der Waals surface area (Å²) in [5.74, 6) is 0.0879. The number of halogens is 2. The van der Waals surface area contributed by atoms with Gasteiger partial charge in [0.1, 0.15) is 0 Å². The lowest BCUT2D eigenvalue weighted by Crippen LogP contribution is -2.51. The molecule has 0 aliphatic carbocycles. The van der Waals surface area contributed by atoms with Crippen LogP contribution in [0.4, 0.5) is 8.78 Å². The quantitative estimate of drug-likeness (QED) is 0.743. The first-order valence-corrected chi connectivity index (χ1v) is 6.84. The number of carboxylic acids is 1. The van der Waals surface area contributed by atoms with E-state index in [-0.39, 0.29) is 19.0 Å². The number of piperidine rings is 1. The fourth-order valence-corrected chi connectivity index (χ4v) is 2.56. The minimum Gasteiger partial charge on any atom is -0.481 e. The average molecular weight is 278 g/mol. The van der Waals surface area contributed by atoms with E-state index in [1.165, 1.54) is 0 Å².